The molecule has 0 radical (unpaired) electrons. The van der Waals surface area contributed by atoms with Gasteiger partial charge in [0.05, 0.1) is 42.1 Å². The molecule has 0 bridgehead atoms. The molecule has 272 valence electrons. The van der Waals surface area contributed by atoms with E-state index in [-0.39, 0.29) is 37.3 Å². The molecule has 0 unspecified atom stereocenters. The van der Waals surface area contributed by atoms with E-state index in [4.69, 9.17) is 9.47 Å². The highest BCUT2D eigenvalue weighted by Crippen LogP contribution is 2.60. The number of aliphatic hydroxyl groups is 1. The molecule has 4 aliphatic rings. The van der Waals surface area contributed by atoms with Gasteiger partial charge in [-0.1, -0.05) is 61.5 Å². The van der Waals surface area contributed by atoms with Crippen LogP contribution in [0.15, 0.2) is 104 Å². The quantitative estimate of drug-likeness (QED) is 0.166. The van der Waals surface area contributed by atoms with E-state index in [1.807, 2.05) is 92.8 Å². The number of anilines is 3. The Hall–Kier alpha value is -5.07. The highest BCUT2D eigenvalue weighted by molar-refractivity contribution is 6.71. The summed E-state index contributed by atoms with van der Waals surface area (Å²) in [5.41, 5.74) is 2.72. The maximum absolute atomic E-state index is 14.9. The topological polar surface area (TPSA) is 120 Å². The minimum Gasteiger partial charge on any atom is -0.454 e. The van der Waals surface area contributed by atoms with Crippen LogP contribution in [0, 0.1) is 5.92 Å². The maximum atomic E-state index is 14.9. The molecule has 0 aromatic heterocycles. The Balaban J connectivity index is 1.22. The Labute approximate surface area is 310 Å². The van der Waals surface area contributed by atoms with Gasteiger partial charge in [-0.25, -0.2) is 0 Å². The molecule has 4 aromatic rings. The Kier molecular flexibility index (Phi) is 8.65. The van der Waals surface area contributed by atoms with Crippen molar-refractivity contribution in [3.05, 3.63) is 126 Å². The number of ether oxygens (including phenoxy) is 2. The fraction of sp³-hybridized carbons (Fsp3) is 0.310. The van der Waals surface area contributed by atoms with E-state index in [1.165, 1.54) is 0 Å². The molecule has 1 saturated heterocycles. The van der Waals surface area contributed by atoms with Crippen LogP contribution in [-0.2, 0) is 32.9 Å². The number of rotatable bonds is 7. The standard InChI is InChI=1S/C42H43N3O7Si/c1-5-20-43-33-19-18-29(45-34-15-9-11-17-36(34)51-35-16-10-8-14-31(35)40(45)48)22-32(33)42(41(43)49)26(2)39(53(3,4)50)37(52-42)23-38(47)44-24-28-13-7-6-12-27(28)21-30(44)25-46/h5-19,22,26,30,37,39,46,50H,1,20-21,23-25H2,2-4H3/t26-,30-,37+,39-,42+/m0/s1. The van der Waals surface area contributed by atoms with Crippen molar-refractivity contribution in [3.63, 3.8) is 0 Å². The van der Waals surface area contributed by atoms with E-state index in [0.717, 1.165) is 11.1 Å². The van der Waals surface area contributed by atoms with Crippen molar-refractivity contribution in [3.8, 4) is 11.5 Å². The number of benzene rings is 4. The number of amides is 3. The first-order chi connectivity index (χ1) is 25.5. The Morgan fingerprint density at radius 1 is 0.962 bits per heavy atom. The molecule has 3 amide bonds. The third kappa shape index (κ3) is 5.53. The summed E-state index contributed by atoms with van der Waals surface area (Å²) in [7, 11) is -3.10. The Bertz CT molecular complexity index is 2150. The van der Waals surface area contributed by atoms with Crippen molar-refractivity contribution in [1.29, 1.82) is 0 Å². The Morgan fingerprint density at radius 2 is 1.66 bits per heavy atom. The van der Waals surface area contributed by atoms with Crippen molar-refractivity contribution in [2.24, 2.45) is 5.92 Å². The highest BCUT2D eigenvalue weighted by atomic mass is 28.4. The molecule has 5 atom stereocenters. The van der Waals surface area contributed by atoms with E-state index >= 15 is 0 Å². The normalized spacial score (nSPS) is 24.7. The fourth-order valence-corrected chi connectivity index (χ4v) is 11.7. The van der Waals surface area contributed by atoms with Crippen LogP contribution >= 0.6 is 0 Å². The number of nitrogens with zero attached hydrogens (tertiary/aromatic N) is 3. The largest absolute Gasteiger partial charge is 0.454 e. The molecule has 0 aliphatic carbocycles. The lowest BCUT2D eigenvalue weighted by Crippen LogP contribution is -2.48. The van der Waals surface area contributed by atoms with Crippen LogP contribution in [0.1, 0.15) is 40.4 Å². The van der Waals surface area contributed by atoms with Crippen LogP contribution in [0.4, 0.5) is 17.1 Å². The van der Waals surface area contributed by atoms with Gasteiger partial charge in [0, 0.05) is 35.8 Å². The second-order valence-electron chi connectivity index (χ2n) is 15.0. The van der Waals surface area contributed by atoms with E-state index < -0.39 is 37.5 Å². The number of hydrogen-bond acceptors (Lipinski definition) is 7. The smallest absolute Gasteiger partial charge is 0.266 e. The summed E-state index contributed by atoms with van der Waals surface area (Å²) < 4.78 is 13.3. The first-order valence-electron chi connectivity index (χ1n) is 18.1. The van der Waals surface area contributed by atoms with Crippen molar-refractivity contribution >= 4 is 43.1 Å². The third-order valence-electron chi connectivity index (χ3n) is 11.4. The van der Waals surface area contributed by atoms with Crippen LogP contribution < -0.4 is 14.5 Å². The van der Waals surface area contributed by atoms with E-state index in [9.17, 15) is 24.3 Å². The minimum atomic E-state index is -3.10. The number of carbonyl (C=O) groups is 3. The SMILES string of the molecule is C=CCN1C(=O)[C@]2(O[C@H](CC(=O)N3Cc4ccccc4C[C@H]3CO)[C@@H]([Si](C)(C)O)[C@@H]2C)c2cc(N3C(=O)c4ccccc4Oc4ccccc43)ccc21. The second-order valence-corrected chi connectivity index (χ2v) is 19.0. The summed E-state index contributed by atoms with van der Waals surface area (Å²) in [6.45, 7) is 9.87. The number of carbonyl (C=O) groups excluding carboxylic acids is 3. The third-order valence-corrected chi connectivity index (χ3v) is 13.9. The predicted octanol–water partition coefficient (Wildman–Crippen LogP) is 6.44. The number of fused-ring (bicyclic) bond motifs is 5. The lowest BCUT2D eigenvalue weighted by Gasteiger charge is -2.37. The van der Waals surface area contributed by atoms with Gasteiger partial charge in [0.25, 0.3) is 11.8 Å². The van der Waals surface area contributed by atoms with E-state index in [1.54, 1.807) is 39.0 Å². The summed E-state index contributed by atoms with van der Waals surface area (Å²) >= 11 is 0. The zero-order valence-electron chi connectivity index (χ0n) is 30.1. The molecule has 1 fully saturated rings. The first-order valence-corrected chi connectivity index (χ1v) is 21.2. The molecule has 4 aliphatic heterocycles. The van der Waals surface area contributed by atoms with Gasteiger partial charge in [-0.05, 0) is 73.1 Å². The minimum absolute atomic E-state index is 0.0672. The maximum Gasteiger partial charge on any atom is 0.266 e. The molecule has 4 heterocycles. The molecule has 2 N–H and O–H groups in total. The lowest BCUT2D eigenvalue weighted by atomic mass is 9.82. The summed E-state index contributed by atoms with van der Waals surface area (Å²) in [4.78, 5) is 60.3. The Morgan fingerprint density at radius 3 is 2.40 bits per heavy atom. The van der Waals surface area contributed by atoms with Gasteiger partial charge in [-0.2, -0.15) is 0 Å². The zero-order valence-corrected chi connectivity index (χ0v) is 31.1. The molecule has 11 heteroatoms. The van der Waals surface area contributed by atoms with Crippen LogP contribution in [0.25, 0.3) is 0 Å². The molecular formula is C42H43N3O7Si. The number of para-hydroxylation sites is 3. The van der Waals surface area contributed by atoms with Crippen molar-refractivity contribution in [2.45, 2.75) is 62.7 Å². The average Bonchev–Trinajstić information content (AvgIpc) is 3.52. The molecule has 4 aromatic carbocycles. The van der Waals surface area contributed by atoms with Crippen molar-refractivity contribution in [2.75, 3.05) is 23.0 Å². The summed E-state index contributed by atoms with van der Waals surface area (Å²) in [5.74, 6) is -0.384. The van der Waals surface area contributed by atoms with Gasteiger partial charge in [0.15, 0.2) is 19.7 Å². The van der Waals surface area contributed by atoms with Gasteiger partial charge < -0.3 is 29.2 Å². The van der Waals surface area contributed by atoms with Crippen LogP contribution in [0.3, 0.4) is 0 Å². The van der Waals surface area contributed by atoms with Crippen LogP contribution in [0.5, 0.6) is 11.5 Å². The highest BCUT2D eigenvalue weighted by Gasteiger charge is 2.66. The second kappa shape index (κ2) is 13.1. The van der Waals surface area contributed by atoms with Gasteiger partial charge in [-0.3, -0.25) is 19.3 Å². The summed E-state index contributed by atoms with van der Waals surface area (Å²) in [6.07, 6.45) is 1.34. The first kappa shape index (κ1) is 35.0. The lowest BCUT2D eigenvalue weighted by molar-refractivity contribution is -0.150. The van der Waals surface area contributed by atoms with Gasteiger partial charge in [0.1, 0.15) is 5.75 Å². The van der Waals surface area contributed by atoms with Crippen LogP contribution in [-0.4, -0.2) is 66.1 Å². The van der Waals surface area contributed by atoms with E-state index in [0.29, 0.717) is 52.7 Å². The number of aliphatic hydroxyl groups excluding tert-OH is 1. The van der Waals surface area contributed by atoms with Gasteiger partial charge in [0.2, 0.25) is 5.91 Å². The van der Waals surface area contributed by atoms with Crippen LogP contribution in [0.2, 0.25) is 18.6 Å². The molecule has 53 heavy (non-hydrogen) atoms. The molecular weight excluding hydrogens is 687 g/mol. The van der Waals surface area contributed by atoms with Gasteiger partial charge >= 0.3 is 0 Å². The molecule has 10 nitrogen and oxygen atoms in total. The van der Waals surface area contributed by atoms with E-state index in [2.05, 4.69) is 6.58 Å². The predicted molar refractivity (Wildman–Crippen MR) is 204 cm³/mol. The molecule has 8 rings (SSSR count). The monoisotopic (exact) mass is 729 g/mol. The molecule has 0 saturated carbocycles. The summed E-state index contributed by atoms with van der Waals surface area (Å²) in [6, 6.07) is 27.4. The van der Waals surface area contributed by atoms with Crippen molar-refractivity contribution in [1.82, 2.24) is 4.90 Å². The van der Waals surface area contributed by atoms with Crippen molar-refractivity contribution < 1.29 is 33.8 Å². The summed E-state index contributed by atoms with van der Waals surface area (Å²) in [5, 5.41) is 10.3. The number of hydrogen-bond donors (Lipinski definition) is 2. The zero-order chi connectivity index (χ0) is 37.2. The fourth-order valence-electron chi connectivity index (χ4n) is 9.11. The van der Waals surface area contributed by atoms with Gasteiger partial charge in [-0.15, -0.1) is 6.58 Å². The average molecular weight is 730 g/mol. The molecule has 1 spiro atoms.